The van der Waals surface area contributed by atoms with E-state index >= 15 is 0 Å². The summed E-state index contributed by atoms with van der Waals surface area (Å²) in [6.45, 7) is 2.96. The summed E-state index contributed by atoms with van der Waals surface area (Å²) in [5.41, 5.74) is 1.55. The fourth-order valence-electron chi connectivity index (χ4n) is 2.20. The first kappa shape index (κ1) is 12.3. The first-order chi connectivity index (χ1) is 8.18. The van der Waals surface area contributed by atoms with Crippen LogP contribution in [0.3, 0.4) is 0 Å². The number of rotatable bonds is 3. The molecule has 92 valence electrons. The van der Waals surface area contributed by atoms with E-state index in [1.54, 1.807) is 19.1 Å². The van der Waals surface area contributed by atoms with Crippen LogP contribution < -0.4 is 0 Å². The van der Waals surface area contributed by atoms with Crippen LogP contribution in [0.2, 0.25) is 0 Å². The van der Waals surface area contributed by atoms with Crippen molar-refractivity contribution in [3.8, 4) is 0 Å². The lowest BCUT2D eigenvalue weighted by atomic mass is 9.90. The van der Waals surface area contributed by atoms with Crippen LogP contribution in [0.4, 0.5) is 0 Å². The highest BCUT2D eigenvalue weighted by Crippen LogP contribution is 2.28. The molecule has 0 spiro atoms. The Morgan fingerprint density at radius 1 is 1.41 bits per heavy atom. The molecule has 2 rings (SSSR count). The Labute approximate surface area is 101 Å². The number of hydrogen-bond acceptors (Lipinski definition) is 3. The summed E-state index contributed by atoms with van der Waals surface area (Å²) < 4.78 is 5.37. The number of aliphatic hydroxyl groups excluding tert-OH is 1. The van der Waals surface area contributed by atoms with Gasteiger partial charge >= 0.3 is 0 Å². The number of ether oxygens (including phenoxy) is 1. The molecule has 1 aromatic carbocycles. The summed E-state index contributed by atoms with van der Waals surface area (Å²) in [5, 5.41) is 10.2. The van der Waals surface area contributed by atoms with Gasteiger partial charge in [-0.05, 0) is 25.3 Å². The number of Topliss-reactive ketones (excluding diaryl/α,β-unsaturated/α-hetero) is 1. The van der Waals surface area contributed by atoms with Gasteiger partial charge in [-0.1, -0.05) is 24.3 Å². The lowest BCUT2D eigenvalue weighted by Gasteiger charge is -2.27. The predicted molar refractivity (Wildman–Crippen MR) is 64.9 cm³/mol. The highest BCUT2D eigenvalue weighted by atomic mass is 16.5. The number of carbonyl (C=O) groups excluding carboxylic acids is 1. The minimum atomic E-state index is -0.490. The predicted octanol–water partition coefficient (Wildman–Crippen LogP) is 2.35. The largest absolute Gasteiger partial charge is 0.388 e. The molecule has 0 saturated carbocycles. The van der Waals surface area contributed by atoms with Crippen molar-refractivity contribution in [2.45, 2.75) is 25.9 Å². The fraction of sp³-hybridized carbons (Fsp3) is 0.500. The molecule has 1 fully saturated rings. The fourth-order valence-corrected chi connectivity index (χ4v) is 2.20. The van der Waals surface area contributed by atoms with Gasteiger partial charge < -0.3 is 9.84 Å². The molecule has 0 aromatic heterocycles. The molecule has 1 aromatic rings. The van der Waals surface area contributed by atoms with Crippen LogP contribution in [0.15, 0.2) is 24.3 Å². The van der Waals surface area contributed by atoms with Gasteiger partial charge in [-0.15, -0.1) is 0 Å². The van der Waals surface area contributed by atoms with Crippen molar-refractivity contribution in [3.05, 3.63) is 35.4 Å². The molecule has 1 aliphatic heterocycles. The standard InChI is InChI=1S/C14H18O3/c1-10(15)11-4-6-12(7-5-11)14(16)13-3-2-8-17-9-13/h4-7,13-14,16H,2-3,8-9H2,1H3. The van der Waals surface area contributed by atoms with Crippen molar-refractivity contribution in [1.82, 2.24) is 0 Å². The Morgan fingerprint density at radius 2 is 2.12 bits per heavy atom. The van der Waals surface area contributed by atoms with Gasteiger partial charge in [0, 0.05) is 18.1 Å². The molecular weight excluding hydrogens is 216 g/mol. The molecule has 2 atom stereocenters. The van der Waals surface area contributed by atoms with Crippen molar-refractivity contribution in [3.63, 3.8) is 0 Å². The molecule has 3 heteroatoms. The van der Waals surface area contributed by atoms with Gasteiger partial charge in [-0.25, -0.2) is 0 Å². The second kappa shape index (κ2) is 5.43. The zero-order valence-electron chi connectivity index (χ0n) is 10.1. The van der Waals surface area contributed by atoms with Gasteiger partial charge in [0.2, 0.25) is 0 Å². The van der Waals surface area contributed by atoms with E-state index < -0.39 is 6.10 Å². The molecule has 0 bridgehead atoms. The van der Waals surface area contributed by atoms with E-state index in [4.69, 9.17) is 4.74 Å². The molecule has 2 unspecified atom stereocenters. The van der Waals surface area contributed by atoms with Crippen LogP contribution in [0.1, 0.15) is 41.8 Å². The van der Waals surface area contributed by atoms with E-state index in [2.05, 4.69) is 0 Å². The zero-order valence-corrected chi connectivity index (χ0v) is 10.1. The minimum Gasteiger partial charge on any atom is -0.388 e. The maximum Gasteiger partial charge on any atom is 0.159 e. The molecule has 0 amide bonds. The normalized spacial score (nSPS) is 22.1. The SMILES string of the molecule is CC(=O)c1ccc(C(O)C2CCCOC2)cc1. The highest BCUT2D eigenvalue weighted by molar-refractivity contribution is 5.94. The summed E-state index contributed by atoms with van der Waals surface area (Å²) in [5.74, 6) is 0.221. The van der Waals surface area contributed by atoms with Crippen LogP contribution in [0.5, 0.6) is 0 Å². The van der Waals surface area contributed by atoms with E-state index in [9.17, 15) is 9.90 Å². The van der Waals surface area contributed by atoms with E-state index in [0.717, 1.165) is 25.0 Å². The van der Waals surface area contributed by atoms with Gasteiger partial charge in [-0.3, -0.25) is 4.79 Å². The minimum absolute atomic E-state index is 0.0482. The summed E-state index contributed by atoms with van der Waals surface area (Å²) in [6, 6.07) is 7.20. The third kappa shape index (κ3) is 2.93. The maximum atomic E-state index is 11.1. The van der Waals surface area contributed by atoms with Gasteiger partial charge in [0.05, 0.1) is 12.7 Å². The first-order valence-corrected chi connectivity index (χ1v) is 6.05. The number of carbonyl (C=O) groups is 1. The van der Waals surface area contributed by atoms with Crippen LogP contribution in [-0.4, -0.2) is 24.1 Å². The third-order valence-electron chi connectivity index (χ3n) is 3.30. The Balaban J connectivity index is 2.07. The Kier molecular flexibility index (Phi) is 3.92. The molecule has 17 heavy (non-hydrogen) atoms. The Morgan fingerprint density at radius 3 is 2.65 bits per heavy atom. The second-order valence-corrected chi connectivity index (χ2v) is 4.60. The summed E-state index contributed by atoms with van der Waals surface area (Å²) >= 11 is 0. The van der Waals surface area contributed by atoms with E-state index in [-0.39, 0.29) is 11.7 Å². The molecule has 0 radical (unpaired) electrons. The zero-order chi connectivity index (χ0) is 12.3. The van der Waals surface area contributed by atoms with E-state index in [0.29, 0.717) is 12.2 Å². The third-order valence-corrected chi connectivity index (χ3v) is 3.30. The summed E-state index contributed by atoms with van der Waals surface area (Å²) in [7, 11) is 0. The van der Waals surface area contributed by atoms with Crippen molar-refractivity contribution in [2.24, 2.45) is 5.92 Å². The number of hydrogen-bond donors (Lipinski definition) is 1. The molecular formula is C14H18O3. The Hall–Kier alpha value is -1.19. The molecule has 3 nitrogen and oxygen atoms in total. The van der Waals surface area contributed by atoms with Crippen molar-refractivity contribution in [2.75, 3.05) is 13.2 Å². The maximum absolute atomic E-state index is 11.1. The lowest BCUT2D eigenvalue weighted by molar-refractivity contribution is -0.00997. The van der Waals surface area contributed by atoms with Crippen LogP contribution in [-0.2, 0) is 4.74 Å². The quantitative estimate of drug-likeness (QED) is 0.817. The van der Waals surface area contributed by atoms with Gasteiger partial charge in [-0.2, -0.15) is 0 Å². The van der Waals surface area contributed by atoms with Crippen molar-refractivity contribution in [1.29, 1.82) is 0 Å². The lowest BCUT2D eigenvalue weighted by Crippen LogP contribution is -2.23. The summed E-state index contributed by atoms with van der Waals surface area (Å²) in [6.07, 6.45) is 1.51. The monoisotopic (exact) mass is 234 g/mol. The van der Waals surface area contributed by atoms with E-state index in [1.165, 1.54) is 0 Å². The van der Waals surface area contributed by atoms with Gasteiger partial charge in [0.1, 0.15) is 0 Å². The number of aliphatic hydroxyl groups is 1. The van der Waals surface area contributed by atoms with E-state index in [1.807, 2.05) is 12.1 Å². The second-order valence-electron chi connectivity index (χ2n) is 4.60. The smallest absolute Gasteiger partial charge is 0.159 e. The van der Waals surface area contributed by atoms with Gasteiger partial charge in [0.15, 0.2) is 5.78 Å². The first-order valence-electron chi connectivity index (χ1n) is 6.05. The Bertz CT molecular complexity index is 377. The molecule has 1 heterocycles. The average Bonchev–Trinajstić information content (AvgIpc) is 2.39. The molecule has 0 aliphatic carbocycles. The van der Waals surface area contributed by atoms with Crippen molar-refractivity contribution >= 4 is 5.78 Å². The van der Waals surface area contributed by atoms with Crippen molar-refractivity contribution < 1.29 is 14.6 Å². The molecule has 1 N–H and O–H groups in total. The number of benzene rings is 1. The van der Waals surface area contributed by atoms with Crippen LogP contribution in [0.25, 0.3) is 0 Å². The van der Waals surface area contributed by atoms with Crippen LogP contribution >= 0.6 is 0 Å². The topological polar surface area (TPSA) is 46.5 Å². The molecule has 1 saturated heterocycles. The highest BCUT2D eigenvalue weighted by Gasteiger charge is 2.23. The number of ketones is 1. The van der Waals surface area contributed by atoms with Crippen LogP contribution in [0, 0.1) is 5.92 Å². The van der Waals surface area contributed by atoms with Gasteiger partial charge in [0.25, 0.3) is 0 Å². The average molecular weight is 234 g/mol. The summed E-state index contributed by atoms with van der Waals surface area (Å²) in [4.78, 5) is 11.1. The molecule has 1 aliphatic rings.